The minimum absolute atomic E-state index is 0.163. The van der Waals surface area contributed by atoms with Crippen molar-refractivity contribution >= 4 is 28.8 Å². The lowest BCUT2D eigenvalue weighted by molar-refractivity contribution is -0.126. The first-order valence-electron chi connectivity index (χ1n) is 7.99. The molecule has 24 heavy (non-hydrogen) atoms. The molecule has 2 N–H and O–H groups in total. The molecular weight excluding hydrogens is 322 g/mol. The van der Waals surface area contributed by atoms with Gasteiger partial charge >= 0.3 is 0 Å². The molecule has 0 aliphatic heterocycles. The van der Waals surface area contributed by atoms with Crippen LogP contribution in [0.3, 0.4) is 0 Å². The predicted octanol–water partition coefficient (Wildman–Crippen LogP) is 3.15. The summed E-state index contributed by atoms with van der Waals surface area (Å²) in [5, 5.41) is 8.67. The molecule has 0 radical (unpaired) electrons. The average molecular weight is 345 g/mol. The van der Waals surface area contributed by atoms with Crippen molar-refractivity contribution < 1.29 is 9.59 Å². The van der Waals surface area contributed by atoms with Crippen LogP contribution in [-0.2, 0) is 16.0 Å². The van der Waals surface area contributed by atoms with Crippen molar-refractivity contribution in [2.75, 3.05) is 11.9 Å². The first-order valence-corrected chi connectivity index (χ1v) is 8.87. The summed E-state index contributed by atoms with van der Waals surface area (Å²) >= 11 is 1.63. The van der Waals surface area contributed by atoms with Crippen LogP contribution in [-0.4, -0.2) is 23.3 Å². The van der Waals surface area contributed by atoms with E-state index in [1.807, 2.05) is 44.4 Å². The van der Waals surface area contributed by atoms with Gasteiger partial charge in [-0.2, -0.15) is 0 Å². The van der Waals surface area contributed by atoms with Crippen molar-refractivity contribution in [1.82, 2.24) is 10.3 Å². The van der Waals surface area contributed by atoms with Gasteiger partial charge in [-0.15, -0.1) is 11.3 Å². The molecule has 0 saturated carbocycles. The lowest BCUT2D eigenvalue weighted by atomic mass is 10.1. The molecule has 1 aromatic heterocycles. The molecule has 128 valence electrons. The van der Waals surface area contributed by atoms with Gasteiger partial charge in [0.25, 0.3) is 0 Å². The first-order chi connectivity index (χ1) is 11.5. The van der Waals surface area contributed by atoms with Gasteiger partial charge in [-0.25, -0.2) is 4.98 Å². The molecule has 0 saturated heterocycles. The molecule has 5 nitrogen and oxygen atoms in total. The summed E-state index contributed by atoms with van der Waals surface area (Å²) in [6.45, 7) is 6.46. The number of amides is 2. The number of anilines is 1. The third-order valence-corrected chi connectivity index (χ3v) is 4.78. The molecular formula is C18H23N3O2S. The molecule has 2 aromatic rings. The topological polar surface area (TPSA) is 71.1 Å². The number of carbonyl (C=O) groups excluding carboxylic acids is 2. The number of hydrogen-bond acceptors (Lipinski definition) is 4. The largest absolute Gasteiger partial charge is 0.356 e. The van der Waals surface area contributed by atoms with Gasteiger partial charge < -0.3 is 10.6 Å². The number of aromatic nitrogens is 1. The summed E-state index contributed by atoms with van der Waals surface area (Å²) in [6, 6.07) is 5.72. The van der Waals surface area contributed by atoms with Gasteiger partial charge in [0, 0.05) is 29.7 Å². The Bertz CT molecular complexity index is 725. The van der Waals surface area contributed by atoms with Crippen LogP contribution < -0.4 is 10.6 Å². The Morgan fingerprint density at radius 1 is 1.17 bits per heavy atom. The van der Waals surface area contributed by atoms with Gasteiger partial charge in [-0.3, -0.25) is 9.59 Å². The molecule has 0 spiro atoms. The van der Waals surface area contributed by atoms with Crippen molar-refractivity contribution in [3.05, 3.63) is 45.4 Å². The number of carbonyl (C=O) groups is 2. The Labute approximate surface area is 146 Å². The monoisotopic (exact) mass is 345 g/mol. The molecule has 1 heterocycles. The van der Waals surface area contributed by atoms with Crippen molar-refractivity contribution in [2.24, 2.45) is 0 Å². The van der Waals surface area contributed by atoms with Crippen LogP contribution in [0.1, 0.15) is 34.7 Å². The van der Waals surface area contributed by atoms with Crippen LogP contribution in [0.5, 0.6) is 0 Å². The zero-order valence-electron chi connectivity index (χ0n) is 14.3. The van der Waals surface area contributed by atoms with E-state index in [1.165, 1.54) is 0 Å². The van der Waals surface area contributed by atoms with Crippen molar-refractivity contribution in [1.29, 1.82) is 0 Å². The Hall–Kier alpha value is -2.21. The van der Waals surface area contributed by atoms with Crippen molar-refractivity contribution in [3.63, 3.8) is 0 Å². The highest BCUT2D eigenvalue weighted by molar-refractivity contribution is 7.09. The number of nitrogens with zero attached hydrogens (tertiary/aromatic N) is 1. The van der Waals surface area contributed by atoms with Crippen molar-refractivity contribution in [2.45, 2.75) is 40.0 Å². The lowest BCUT2D eigenvalue weighted by Crippen LogP contribution is -2.29. The second-order valence-corrected chi connectivity index (χ2v) is 6.75. The summed E-state index contributed by atoms with van der Waals surface area (Å²) < 4.78 is 0. The summed E-state index contributed by atoms with van der Waals surface area (Å²) in [7, 11) is 0. The molecule has 0 fully saturated rings. The lowest BCUT2D eigenvalue weighted by Gasteiger charge is -2.10. The highest BCUT2D eigenvalue weighted by Crippen LogP contribution is 2.18. The summed E-state index contributed by atoms with van der Waals surface area (Å²) in [4.78, 5) is 28.2. The van der Waals surface area contributed by atoms with E-state index in [-0.39, 0.29) is 18.2 Å². The number of aryl methyl sites for hydroxylation is 3. The third kappa shape index (κ3) is 5.45. The second kappa shape index (κ2) is 8.59. The molecule has 0 aliphatic rings. The predicted molar refractivity (Wildman–Crippen MR) is 97.3 cm³/mol. The van der Waals surface area contributed by atoms with Gasteiger partial charge in [0.2, 0.25) is 11.8 Å². The maximum atomic E-state index is 12.0. The zero-order valence-corrected chi connectivity index (χ0v) is 15.1. The molecule has 0 aliphatic carbocycles. The highest BCUT2D eigenvalue weighted by atomic mass is 32.1. The Morgan fingerprint density at radius 2 is 1.96 bits per heavy atom. The van der Waals surface area contributed by atoms with Gasteiger partial charge in [-0.05, 0) is 44.4 Å². The standard InChI is InChI=1S/C18H23N3O2S/c1-12-6-4-7-15(14(12)3)21-17(23)10-16(22)19-9-5-8-18-20-13(2)11-24-18/h4,6-7,11H,5,8-10H2,1-3H3,(H,19,22)(H,21,23). The van der Waals surface area contributed by atoms with Crippen molar-refractivity contribution in [3.8, 4) is 0 Å². The number of thiazole rings is 1. The Balaban J connectivity index is 1.69. The molecule has 2 amide bonds. The number of rotatable bonds is 7. The molecule has 1 aromatic carbocycles. The van der Waals surface area contributed by atoms with Gasteiger partial charge in [0.15, 0.2) is 0 Å². The van der Waals surface area contributed by atoms with Crippen LogP contribution in [0, 0.1) is 20.8 Å². The van der Waals surface area contributed by atoms with E-state index >= 15 is 0 Å². The zero-order chi connectivity index (χ0) is 17.5. The fraction of sp³-hybridized carbons (Fsp3) is 0.389. The number of nitrogens with one attached hydrogen (secondary N) is 2. The Morgan fingerprint density at radius 3 is 2.67 bits per heavy atom. The second-order valence-electron chi connectivity index (χ2n) is 5.81. The first kappa shape index (κ1) is 18.1. The van der Waals surface area contributed by atoms with E-state index < -0.39 is 0 Å². The fourth-order valence-corrected chi connectivity index (χ4v) is 3.09. The maximum absolute atomic E-state index is 12.0. The molecule has 0 unspecified atom stereocenters. The Kier molecular flexibility index (Phi) is 6.49. The summed E-state index contributed by atoms with van der Waals surface area (Å²) in [6.07, 6.45) is 1.49. The average Bonchev–Trinajstić information content (AvgIpc) is 2.94. The van der Waals surface area contributed by atoms with Crippen LogP contribution in [0.2, 0.25) is 0 Å². The van der Waals surface area contributed by atoms with Crippen LogP contribution >= 0.6 is 11.3 Å². The summed E-state index contributed by atoms with van der Waals surface area (Å²) in [5.74, 6) is -0.551. The van der Waals surface area contributed by atoms with Crippen LogP contribution in [0.25, 0.3) is 0 Å². The van der Waals surface area contributed by atoms with E-state index in [4.69, 9.17) is 0 Å². The van der Waals surface area contributed by atoms with E-state index in [0.717, 1.165) is 40.4 Å². The van der Waals surface area contributed by atoms with Gasteiger partial charge in [-0.1, -0.05) is 12.1 Å². The molecule has 0 bridgehead atoms. The molecule has 6 heteroatoms. The quantitative estimate of drug-likeness (QED) is 0.598. The normalized spacial score (nSPS) is 10.5. The minimum Gasteiger partial charge on any atom is -0.356 e. The summed E-state index contributed by atoms with van der Waals surface area (Å²) in [5.41, 5.74) is 3.91. The molecule has 0 atom stereocenters. The minimum atomic E-state index is -0.295. The third-order valence-electron chi connectivity index (χ3n) is 3.76. The van der Waals surface area contributed by atoms with Crippen LogP contribution in [0.4, 0.5) is 5.69 Å². The smallest absolute Gasteiger partial charge is 0.233 e. The van der Waals surface area contributed by atoms with Gasteiger partial charge in [0.1, 0.15) is 6.42 Å². The van der Waals surface area contributed by atoms with E-state index in [2.05, 4.69) is 15.6 Å². The molecule has 2 rings (SSSR count). The van der Waals surface area contributed by atoms with E-state index in [9.17, 15) is 9.59 Å². The highest BCUT2D eigenvalue weighted by Gasteiger charge is 2.11. The number of benzene rings is 1. The number of hydrogen-bond donors (Lipinski definition) is 2. The SMILES string of the molecule is Cc1csc(CCCNC(=O)CC(=O)Nc2cccc(C)c2C)n1. The van der Waals surface area contributed by atoms with Crippen LogP contribution in [0.15, 0.2) is 23.6 Å². The fourth-order valence-electron chi connectivity index (χ4n) is 2.27. The maximum Gasteiger partial charge on any atom is 0.233 e. The van der Waals surface area contributed by atoms with E-state index in [1.54, 1.807) is 11.3 Å². The van der Waals surface area contributed by atoms with E-state index in [0.29, 0.717) is 6.54 Å². The van der Waals surface area contributed by atoms with Gasteiger partial charge in [0.05, 0.1) is 5.01 Å².